The van der Waals surface area contributed by atoms with Gasteiger partial charge in [-0.2, -0.15) is 5.10 Å². The smallest absolute Gasteiger partial charge is 0.273 e. The van der Waals surface area contributed by atoms with Crippen molar-refractivity contribution < 1.29 is 19.4 Å². The summed E-state index contributed by atoms with van der Waals surface area (Å²) in [5.74, 6) is -0.0804. The molecule has 0 aromatic heterocycles. The van der Waals surface area contributed by atoms with Gasteiger partial charge in [0.25, 0.3) is 5.91 Å². The van der Waals surface area contributed by atoms with Crippen LogP contribution in [0, 0.1) is 0 Å². The summed E-state index contributed by atoms with van der Waals surface area (Å²) in [7, 11) is 2.91. The van der Waals surface area contributed by atoms with Crippen LogP contribution in [0.5, 0.6) is 11.5 Å². The minimum Gasteiger partial charge on any atom is -0.503 e. The number of hydrogen-bond donors (Lipinski definition) is 2. The van der Waals surface area contributed by atoms with Gasteiger partial charge in [0.1, 0.15) is 0 Å². The molecule has 0 aliphatic heterocycles. The first-order valence-corrected chi connectivity index (χ1v) is 7.83. The average Bonchev–Trinajstić information content (AvgIpc) is 2.59. The number of phenols is 1. The van der Waals surface area contributed by atoms with Gasteiger partial charge in [-0.25, -0.2) is 5.43 Å². The van der Waals surface area contributed by atoms with E-state index in [2.05, 4.69) is 26.5 Å². The second kappa shape index (κ2) is 8.47. The fraction of sp³-hybridized carbons (Fsp3) is 0.176. The van der Waals surface area contributed by atoms with Crippen LogP contribution in [0.1, 0.15) is 17.2 Å². The minimum absolute atomic E-state index is 0.00205. The Kier molecular flexibility index (Phi) is 6.34. The van der Waals surface area contributed by atoms with E-state index in [1.54, 1.807) is 24.3 Å². The van der Waals surface area contributed by atoms with Crippen molar-refractivity contribution in [2.24, 2.45) is 5.10 Å². The molecule has 0 saturated heterocycles. The molecule has 7 heteroatoms. The standard InChI is InChI=1S/C17H17BrN2O4/c1-23-14-9-11(8-13(18)15(14)21)10-19-20-17(22)16(24-2)12-6-4-3-5-7-12/h3-10,16,21H,1-2H3,(H,20,22)/b19-10-/t16-/m1/s1. The van der Waals surface area contributed by atoms with Gasteiger partial charge in [0.05, 0.1) is 17.8 Å². The van der Waals surface area contributed by atoms with E-state index in [1.165, 1.54) is 20.4 Å². The van der Waals surface area contributed by atoms with E-state index in [0.29, 0.717) is 15.8 Å². The molecule has 24 heavy (non-hydrogen) atoms. The third-order valence-electron chi connectivity index (χ3n) is 3.24. The first-order valence-electron chi connectivity index (χ1n) is 7.04. The maximum absolute atomic E-state index is 12.2. The van der Waals surface area contributed by atoms with Crippen molar-refractivity contribution in [1.82, 2.24) is 5.43 Å². The topological polar surface area (TPSA) is 80.2 Å². The van der Waals surface area contributed by atoms with Gasteiger partial charge in [-0.05, 0) is 39.2 Å². The highest BCUT2D eigenvalue weighted by Crippen LogP contribution is 2.34. The monoisotopic (exact) mass is 392 g/mol. The van der Waals surface area contributed by atoms with Crippen molar-refractivity contribution in [3.8, 4) is 11.5 Å². The maximum atomic E-state index is 12.2. The molecule has 0 aliphatic carbocycles. The van der Waals surface area contributed by atoms with Crippen LogP contribution in [0.3, 0.4) is 0 Å². The van der Waals surface area contributed by atoms with E-state index in [-0.39, 0.29) is 11.7 Å². The number of amides is 1. The Balaban J connectivity index is 2.08. The zero-order valence-corrected chi connectivity index (χ0v) is 14.8. The summed E-state index contributed by atoms with van der Waals surface area (Å²) in [5, 5.41) is 13.7. The number of hydrazone groups is 1. The molecule has 1 atom stereocenters. The molecular weight excluding hydrogens is 376 g/mol. The molecule has 6 nitrogen and oxygen atoms in total. The normalized spacial score (nSPS) is 12.1. The van der Waals surface area contributed by atoms with Gasteiger partial charge in [0.15, 0.2) is 17.6 Å². The summed E-state index contributed by atoms with van der Waals surface area (Å²) in [6.07, 6.45) is 0.701. The molecule has 0 unspecified atom stereocenters. The van der Waals surface area contributed by atoms with Gasteiger partial charge < -0.3 is 14.6 Å². The van der Waals surface area contributed by atoms with Crippen molar-refractivity contribution in [3.05, 3.63) is 58.1 Å². The number of aromatic hydroxyl groups is 1. The Morgan fingerprint density at radius 2 is 2.00 bits per heavy atom. The average molecular weight is 393 g/mol. The lowest BCUT2D eigenvalue weighted by atomic mass is 10.1. The van der Waals surface area contributed by atoms with E-state index < -0.39 is 6.10 Å². The first-order chi connectivity index (χ1) is 11.6. The number of benzene rings is 2. The fourth-order valence-electron chi connectivity index (χ4n) is 2.08. The molecular formula is C17H17BrN2O4. The number of phenolic OH excluding ortho intramolecular Hbond substituents is 1. The van der Waals surface area contributed by atoms with Gasteiger partial charge >= 0.3 is 0 Å². The lowest BCUT2D eigenvalue weighted by molar-refractivity contribution is -0.131. The van der Waals surface area contributed by atoms with Crippen LogP contribution in [0.25, 0.3) is 0 Å². The number of hydrogen-bond acceptors (Lipinski definition) is 5. The van der Waals surface area contributed by atoms with Gasteiger partial charge in [0, 0.05) is 7.11 Å². The van der Waals surface area contributed by atoms with E-state index in [0.717, 1.165) is 5.56 Å². The molecule has 126 valence electrons. The Morgan fingerprint density at radius 1 is 1.29 bits per heavy atom. The van der Waals surface area contributed by atoms with E-state index >= 15 is 0 Å². The maximum Gasteiger partial charge on any atom is 0.273 e. The number of nitrogens with one attached hydrogen (secondary N) is 1. The van der Waals surface area contributed by atoms with Crippen LogP contribution in [0.2, 0.25) is 0 Å². The van der Waals surface area contributed by atoms with Crippen LogP contribution in [-0.4, -0.2) is 31.4 Å². The lowest BCUT2D eigenvalue weighted by Gasteiger charge is -2.13. The molecule has 0 aliphatic rings. The van der Waals surface area contributed by atoms with E-state index in [9.17, 15) is 9.90 Å². The molecule has 0 radical (unpaired) electrons. The van der Waals surface area contributed by atoms with Crippen molar-refractivity contribution in [2.45, 2.75) is 6.10 Å². The third kappa shape index (κ3) is 4.33. The molecule has 2 aromatic rings. The van der Waals surface area contributed by atoms with Crippen molar-refractivity contribution in [3.63, 3.8) is 0 Å². The highest BCUT2D eigenvalue weighted by Gasteiger charge is 2.19. The van der Waals surface area contributed by atoms with Crippen LogP contribution in [0.15, 0.2) is 52.0 Å². The molecule has 0 fully saturated rings. The van der Waals surface area contributed by atoms with Crippen LogP contribution < -0.4 is 10.2 Å². The highest BCUT2D eigenvalue weighted by molar-refractivity contribution is 9.10. The zero-order valence-electron chi connectivity index (χ0n) is 13.2. The quantitative estimate of drug-likeness (QED) is 0.584. The molecule has 0 heterocycles. The summed E-state index contributed by atoms with van der Waals surface area (Å²) in [5.41, 5.74) is 3.82. The molecule has 2 aromatic carbocycles. The van der Waals surface area contributed by atoms with Crippen LogP contribution in [0.4, 0.5) is 0 Å². The van der Waals surface area contributed by atoms with Gasteiger partial charge in [0.2, 0.25) is 0 Å². The number of carbonyl (C=O) groups excluding carboxylic acids is 1. The summed E-state index contributed by atoms with van der Waals surface area (Å²) in [6, 6.07) is 12.4. The third-order valence-corrected chi connectivity index (χ3v) is 3.84. The second-order valence-corrected chi connectivity index (χ2v) is 5.67. The second-order valence-electron chi connectivity index (χ2n) is 4.81. The van der Waals surface area contributed by atoms with Crippen LogP contribution >= 0.6 is 15.9 Å². The largest absolute Gasteiger partial charge is 0.503 e. The zero-order chi connectivity index (χ0) is 17.5. The number of rotatable bonds is 6. The number of nitrogens with zero attached hydrogens (tertiary/aromatic N) is 1. The molecule has 2 rings (SSSR count). The number of halogens is 1. The molecule has 2 N–H and O–H groups in total. The van der Waals surface area contributed by atoms with Gasteiger partial charge in [-0.15, -0.1) is 0 Å². The number of carbonyl (C=O) groups is 1. The van der Waals surface area contributed by atoms with Crippen molar-refractivity contribution in [1.29, 1.82) is 0 Å². The Labute approximate surface area is 148 Å². The summed E-state index contributed by atoms with van der Waals surface area (Å²) in [4.78, 5) is 12.2. The summed E-state index contributed by atoms with van der Waals surface area (Å²) < 4.78 is 10.8. The predicted octanol–water partition coefficient (Wildman–Crippen LogP) is 3.00. The lowest BCUT2D eigenvalue weighted by Crippen LogP contribution is -2.26. The molecule has 0 saturated carbocycles. The Morgan fingerprint density at radius 3 is 2.62 bits per heavy atom. The van der Waals surface area contributed by atoms with Crippen molar-refractivity contribution >= 4 is 28.1 Å². The number of methoxy groups -OCH3 is 2. The van der Waals surface area contributed by atoms with E-state index in [4.69, 9.17) is 9.47 Å². The Hall–Kier alpha value is -2.38. The number of ether oxygens (including phenoxy) is 2. The van der Waals surface area contributed by atoms with Gasteiger partial charge in [-0.3, -0.25) is 4.79 Å². The fourth-order valence-corrected chi connectivity index (χ4v) is 2.54. The minimum atomic E-state index is -0.746. The SMILES string of the molecule is COc1cc(/C=N\NC(=O)[C@H](OC)c2ccccc2)cc(Br)c1O. The molecule has 0 bridgehead atoms. The predicted molar refractivity (Wildman–Crippen MR) is 94.3 cm³/mol. The van der Waals surface area contributed by atoms with Crippen molar-refractivity contribution in [2.75, 3.05) is 14.2 Å². The molecule has 0 spiro atoms. The summed E-state index contributed by atoms with van der Waals surface area (Å²) in [6.45, 7) is 0. The first kappa shape index (κ1) is 18.0. The molecule has 1 amide bonds. The van der Waals surface area contributed by atoms with E-state index in [1.807, 2.05) is 18.2 Å². The highest BCUT2D eigenvalue weighted by atomic mass is 79.9. The van der Waals surface area contributed by atoms with Crippen LogP contribution in [-0.2, 0) is 9.53 Å². The Bertz CT molecular complexity index is 735. The van der Waals surface area contributed by atoms with Gasteiger partial charge in [-0.1, -0.05) is 30.3 Å². The summed E-state index contributed by atoms with van der Waals surface area (Å²) >= 11 is 3.22.